The number of hydrogen-bond donors (Lipinski definition) is 2. The van der Waals surface area contributed by atoms with Crippen LogP contribution in [-0.2, 0) is 0 Å². The number of fused-ring (bicyclic) bond motifs is 5. The van der Waals surface area contributed by atoms with Crippen molar-refractivity contribution in [2.24, 2.45) is 34.5 Å². The highest BCUT2D eigenvalue weighted by Crippen LogP contribution is 2.67. The van der Waals surface area contributed by atoms with Gasteiger partial charge in [0.15, 0.2) is 0 Å². The molecule has 0 saturated heterocycles. The van der Waals surface area contributed by atoms with Crippen LogP contribution in [0.5, 0.6) is 0 Å². The zero-order valence-corrected chi connectivity index (χ0v) is 15.8. The van der Waals surface area contributed by atoms with E-state index in [0.29, 0.717) is 22.8 Å². The van der Waals surface area contributed by atoms with Crippen LogP contribution < -0.4 is 0 Å². The minimum Gasteiger partial charge on any atom is -0.393 e. The van der Waals surface area contributed by atoms with E-state index in [-0.39, 0.29) is 18.1 Å². The van der Waals surface area contributed by atoms with Gasteiger partial charge in [0.05, 0.1) is 24.4 Å². The molecule has 25 heavy (non-hydrogen) atoms. The average molecular weight is 344 g/mol. The standard InChI is InChI=1S/C22H33NO2/c1-21-9-7-16(25)11-15(21)3-4-17-19-6-5-18(14(12-23)13-24)22(19,2)10-8-20(17)21/h15-17,19-20,24-25H,3-11,13H2,1-2H3/b18-14-/t15-,16-,17-,19-,20-,21-,22+/m0/s1. The Bertz CT molecular complexity index is 620. The van der Waals surface area contributed by atoms with Crippen LogP contribution in [0.4, 0.5) is 0 Å². The summed E-state index contributed by atoms with van der Waals surface area (Å²) in [7, 11) is 0. The maximum Gasteiger partial charge on any atom is 0.0971 e. The van der Waals surface area contributed by atoms with Crippen LogP contribution >= 0.6 is 0 Å². The molecule has 3 nitrogen and oxygen atoms in total. The molecule has 7 atom stereocenters. The second-order valence-corrected chi connectivity index (χ2v) is 9.81. The minimum absolute atomic E-state index is 0.0766. The van der Waals surface area contributed by atoms with Crippen molar-refractivity contribution in [2.75, 3.05) is 6.61 Å². The predicted molar refractivity (Wildman–Crippen MR) is 97.5 cm³/mol. The number of allylic oxidation sites excluding steroid dienone is 1. The Morgan fingerprint density at radius 3 is 2.64 bits per heavy atom. The Labute approximate surface area is 152 Å². The molecule has 4 rings (SSSR count). The SMILES string of the molecule is C[C@]12CC[C@H](O)C[C@@H]1CC[C@@H]1[C@@H]2CC[C@]2(C)/C(=C(/C#N)CO)CC[C@@H]12. The molecule has 0 aliphatic heterocycles. The Morgan fingerprint density at radius 2 is 1.92 bits per heavy atom. The molecule has 0 unspecified atom stereocenters. The van der Waals surface area contributed by atoms with Gasteiger partial charge in [-0.3, -0.25) is 0 Å². The summed E-state index contributed by atoms with van der Waals surface area (Å²) < 4.78 is 0. The van der Waals surface area contributed by atoms with Gasteiger partial charge in [0.25, 0.3) is 0 Å². The van der Waals surface area contributed by atoms with Crippen LogP contribution in [0.2, 0.25) is 0 Å². The maximum absolute atomic E-state index is 10.1. The lowest BCUT2D eigenvalue weighted by molar-refractivity contribution is -0.116. The van der Waals surface area contributed by atoms with Gasteiger partial charge in [0.1, 0.15) is 0 Å². The van der Waals surface area contributed by atoms with Crippen molar-refractivity contribution in [3.05, 3.63) is 11.1 Å². The van der Waals surface area contributed by atoms with E-state index in [1.54, 1.807) is 0 Å². The average Bonchev–Trinajstić information content (AvgIpc) is 2.94. The molecule has 138 valence electrons. The van der Waals surface area contributed by atoms with Crippen LogP contribution in [0.3, 0.4) is 0 Å². The number of nitriles is 1. The Balaban J connectivity index is 1.65. The third-order valence-electron chi connectivity index (χ3n) is 9.08. The molecule has 4 aliphatic rings. The van der Waals surface area contributed by atoms with Crippen molar-refractivity contribution in [3.8, 4) is 6.07 Å². The van der Waals surface area contributed by atoms with Crippen LogP contribution in [0.25, 0.3) is 0 Å². The summed E-state index contributed by atoms with van der Waals surface area (Å²) >= 11 is 0. The molecule has 0 heterocycles. The monoisotopic (exact) mass is 343 g/mol. The Morgan fingerprint density at radius 1 is 1.12 bits per heavy atom. The number of nitrogens with zero attached hydrogens (tertiary/aromatic N) is 1. The maximum atomic E-state index is 10.1. The molecule has 4 aliphatic carbocycles. The van der Waals surface area contributed by atoms with Crippen LogP contribution in [-0.4, -0.2) is 22.9 Å². The minimum atomic E-state index is -0.0973. The molecule has 0 bridgehead atoms. The lowest BCUT2D eigenvalue weighted by atomic mass is 9.45. The molecule has 0 amide bonds. The summed E-state index contributed by atoms with van der Waals surface area (Å²) in [6.45, 7) is 4.80. The molecule has 0 spiro atoms. The zero-order chi connectivity index (χ0) is 17.8. The van der Waals surface area contributed by atoms with Gasteiger partial charge in [0, 0.05) is 0 Å². The van der Waals surface area contributed by atoms with Gasteiger partial charge in [-0.05, 0) is 97.9 Å². The summed E-state index contributed by atoms with van der Waals surface area (Å²) in [6.07, 6.45) is 10.3. The molecular weight excluding hydrogens is 310 g/mol. The van der Waals surface area contributed by atoms with E-state index < -0.39 is 0 Å². The van der Waals surface area contributed by atoms with E-state index in [0.717, 1.165) is 31.1 Å². The van der Waals surface area contributed by atoms with Gasteiger partial charge in [-0.1, -0.05) is 13.8 Å². The van der Waals surface area contributed by atoms with Gasteiger partial charge in [-0.25, -0.2) is 0 Å². The van der Waals surface area contributed by atoms with Crippen molar-refractivity contribution < 1.29 is 10.2 Å². The first-order chi connectivity index (χ1) is 11.9. The fraction of sp³-hybridized carbons (Fsp3) is 0.864. The van der Waals surface area contributed by atoms with Crippen LogP contribution in [0, 0.1) is 45.8 Å². The van der Waals surface area contributed by atoms with Gasteiger partial charge in [-0.15, -0.1) is 0 Å². The lowest BCUT2D eigenvalue weighted by Crippen LogP contribution is -2.53. The number of hydrogen-bond acceptors (Lipinski definition) is 3. The van der Waals surface area contributed by atoms with E-state index in [2.05, 4.69) is 19.9 Å². The number of aliphatic hydroxyl groups excluding tert-OH is 2. The summed E-state index contributed by atoms with van der Waals surface area (Å²) in [5.41, 5.74) is 2.45. The van der Waals surface area contributed by atoms with E-state index in [1.807, 2.05) is 0 Å². The highest BCUT2D eigenvalue weighted by molar-refractivity contribution is 5.36. The van der Waals surface area contributed by atoms with Crippen LogP contribution in [0.1, 0.15) is 71.6 Å². The largest absolute Gasteiger partial charge is 0.393 e. The molecule has 0 aromatic carbocycles. The Hall–Kier alpha value is -0.850. The Kier molecular flexibility index (Phi) is 4.28. The molecular formula is C22H33NO2. The summed E-state index contributed by atoms with van der Waals surface area (Å²) in [6, 6.07) is 2.28. The normalized spacial score (nSPS) is 51.1. The highest BCUT2D eigenvalue weighted by atomic mass is 16.3. The van der Waals surface area contributed by atoms with Crippen molar-refractivity contribution >= 4 is 0 Å². The molecule has 4 saturated carbocycles. The second kappa shape index (κ2) is 6.10. The van der Waals surface area contributed by atoms with Crippen LogP contribution in [0.15, 0.2) is 11.1 Å². The molecule has 3 heteroatoms. The number of aliphatic hydroxyl groups is 2. The third kappa shape index (κ3) is 2.44. The highest BCUT2D eigenvalue weighted by Gasteiger charge is 2.59. The summed E-state index contributed by atoms with van der Waals surface area (Å²) in [5.74, 6) is 2.94. The fourth-order valence-corrected chi connectivity index (χ4v) is 7.74. The number of rotatable bonds is 1. The van der Waals surface area contributed by atoms with Gasteiger partial charge in [-0.2, -0.15) is 5.26 Å². The molecule has 0 aromatic rings. The second-order valence-electron chi connectivity index (χ2n) is 9.81. The van der Waals surface area contributed by atoms with E-state index in [9.17, 15) is 15.5 Å². The molecule has 2 N–H and O–H groups in total. The smallest absolute Gasteiger partial charge is 0.0971 e. The molecule has 0 aromatic heterocycles. The first-order valence-corrected chi connectivity index (χ1v) is 10.4. The first kappa shape index (κ1) is 17.6. The topological polar surface area (TPSA) is 64.2 Å². The summed E-state index contributed by atoms with van der Waals surface area (Å²) in [5, 5.41) is 29.2. The van der Waals surface area contributed by atoms with Gasteiger partial charge >= 0.3 is 0 Å². The van der Waals surface area contributed by atoms with Crippen molar-refractivity contribution in [3.63, 3.8) is 0 Å². The first-order valence-electron chi connectivity index (χ1n) is 10.4. The van der Waals surface area contributed by atoms with E-state index in [4.69, 9.17) is 0 Å². The summed E-state index contributed by atoms with van der Waals surface area (Å²) in [4.78, 5) is 0. The fourth-order valence-electron chi connectivity index (χ4n) is 7.74. The molecule has 0 radical (unpaired) electrons. The van der Waals surface area contributed by atoms with E-state index >= 15 is 0 Å². The quantitative estimate of drug-likeness (QED) is 0.701. The van der Waals surface area contributed by atoms with Crippen molar-refractivity contribution in [1.29, 1.82) is 5.26 Å². The lowest BCUT2D eigenvalue weighted by Gasteiger charge is -2.60. The zero-order valence-electron chi connectivity index (χ0n) is 15.8. The predicted octanol–water partition coefficient (Wildman–Crippen LogP) is 4.20. The van der Waals surface area contributed by atoms with E-state index in [1.165, 1.54) is 44.1 Å². The molecule has 4 fully saturated rings. The van der Waals surface area contributed by atoms with Crippen molar-refractivity contribution in [2.45, 2.75) is 77.7 Å². The third-order valence-corrected chi connectivity index (χ3v) is 9.08. The van der Waals surface area contributed by atoms with Crippen molar-refractivity contribution in [1.82, 2.24) is 0 Å². The van der Waals surface area contributed by atoms with Gasteiger partial charge in [0.2, 0.25) is 0 Å². The van der Waals surface area contributed by atoms with Gasteiger partial charge < -0.3 is 10.2 Å².